The highest BCUT2D eigenvalue weighted by Gasteiger charge is 2.20. The lowest BCUT2D eigenvalue weighted by atomic mass is 9.89. The number of nitrogens with one attached hydrogen (secondary N) is 2. The summed E-state index contributed by atoms with van der Waals surface area (Å²) < 4.78 is 0. The molecule has 1 aliphatic carbocycles. The molecule has 0 aliphatic heterocycles. The molecule has 1 aromatic carbocycles. The summed E-state index contributed by atoms with van der Waals surface area (Å²) in [6, 6.07) is 5.41. The maximum Gasteiger partial charge on any atom is 0.315 e. The number of hydrogen-bond donors (Lipinski definition) is 2. The first-order chi connectivity index (χ1) is 9.72. The third kappa shape index (κ3) is 3.62. The highest BCUT2D eigenvalue weighted by molar-refractivity contribution is 5.76. The third-order valence-corrected chi connectivity index (χ3v) is 3.89. The first-order valence-electron chi connectivity index (χ1n) is 7.47. The van der Waals surface area contributed by atoms with Crippen LogP contribution in [0.15, 0.2) is 18.2 Å². The highest BCUT2D eigenvalue weighted by Crippen LogP contribution is 2.33. The number of nitrogens with zero attached hydrogens (tertiary/aromatic N) is 1. The molecule has 0 saturated heterocycles. The summed E-state index contributed by atoms with van der Waals surface area (Å²) in [6.07, 6.45) is 6.35. The monoisotopic (exact) mass is 277 g/mol. The van der Waals surface area contributed by atoms with Crippen LogP contribution in [0.3, 0.4) is 0 Å². The Kier molecular flexibility index (Phi) is 5.21. The van der Waals surface area contributed by atoms with E-state index in [1.165, 1.54) is 32.1 Å². The van der Waals surface area contributed by atoms with Gasteiger partial charge >= 0.3 is 5.69 Å². The van der Waals surface area contributed by atoms with Crippen LogP contribution in [0.4, 0.5) is 17.1 Å². The van der Waals surface area contributed by atoms with E-state index in [1.807, 2.05) is 13.0 Å². The minimum absolute atomic E-state index is 0.158. The maximum atomic E-state index is 11.3. The predicted molar refractivity (Wildman–Crippen MR) is 82.3 cm³/mol. The molecule has 0 heterocycles. The molecule has 5 heteroatoms. The molecule has 1 aliphatic rings. The van der Waals surface area contributed by atoms with Gasteiger partial charge in [-0.1, -0.05) is 25.3 Å². The molecular weight excluding hydrogens is 254 g/mol. The van der Waals surface area contributed by atoms with E-state index in [0.717, 1.165) is 6.54 Å². The summed E-state index contributed by atoms with van der Waals surface area (Å²) in [6.45, 7) is 3.44. The summed E-state index contributed by atoms with van der Waals surface area (Å²) in [4.78, 5) is 11.0. The number of nitro groups is 1. The Labute approximate surface area is 119 Å². The van der Waals surface area contributed by atoms with Crippen LogP contribution in [0.5, 0.6) is 0 Å². The van der Waals surface area contributed by atoms with Crippen molar-refractivity contribution >= 4 is 17.1 Å². The molecule has 5 nitrogen and oxygen atoms in total. The van der Waals surface area contributed by atoms with Crippen molar-refractivity contribution in [1.82, 2.24) is 0 Å². The van der Waals surface area contributed by atoms with Gasteiger partial charge in [-0.2, -0.15) is 0 Å². The summed E-state index contributed by atoms with van der Waals surface area (Å²) in [5.41, 5.74) is 1.37. The molecule has 110 valence electrons. The van der Waals surface area contributed by atoms with E-state index in [2.05, 4.69) is 10.6 Å². The Morgan fingerprint density at radius 3 is 2.45 bits per heavy atom. The lowest BCUT2D eigenvalue weighted by Gasteiger charge is -2.22. The molecule has 0 amide bonds. The van der Waals surface area contributed by atoms with E-state index in [-0.39, 0.29) is 10.6 Å². The predicted octanol–water partition coefficient (Wildman–Crippen LogP) is 4.02. The summed E-state index contributed by atoms with van der Waals surface area (Å²) >= 11 is 0. The van der Waals surface area contributed by atoms with E-state index in [1.54, 1.807) is 12.1 Å². The lowest BCUT2D eigenvalue weighted by molar-refractivity contribution is -0.383. The third-order valence-electron chi connectivity index (χ3n) is 3.89. The van der Waals surface area contributed by atoms with E-state index in [0.29, 0.717) is 23.8 Å². The van der Waals surface area contributed by atoms with Crippen molar-refractivity contribution < 1.29 is 4.92 Å². The minimum Gasteiger partial charge on any atom is -0.380 e. The fourth-order valence-electron chi connectivity index (χ4n) is 2.86. The number of rotatable bonds is 6. The van der Waals surface area contributed by atoms with Crippen molar-refractivity contribution in [2.24, 2.45) is 5.92 Å². The van der Waals surface area contributed by atoms with Gasteiger partial charge in [-0.3, -0.25) is 10.1 Å². The normalized spacial score (nSPS) is 15.8. The molecule has 20 heavy (non-hydrogen) atoms. The second-order valence-corrected chi connectivity index (χ2v) is 5.37. The van der Waals surface area contributed by atoms with Gasteiger partial charge in [-0.05, 0) is 37.8 Å². The van der Waals surface area contributed by atoms with Crippen molar-refractivity contribution in [3.05, 3.63) is 28.3 Å². The second kappa shape index (κ2) is 7.12. The molecule has 1 saturated carbocycles. The molecule has 1 aromatic rings. The van der Waals surface area contributed by atoms with Crippen molar-refractivity contribution in [3.8, 4) is 0 Å². The molecule has 2 N–H and O–H groups in total. The average molecular weight is 277 g/mol. The van der Waals surface area contributed by atoms with Gasteiger partial charge in [0.05, 0.1) is 4.92 Å². The van der Waals surface area contributed by atoms with Crippen LogP contribution >= 0.6 is 0 Å². The first kappa shape index (κ1) is 14.6. The van der Waals surface area contributed by atoms with E-state index in [9.17, 15) is 10.1 Å². The van der Waals surface area contributed by atoms with Gasteiger partial charge in [-0.25, -0.2) is 0 Å². The second-order valence-electron chi connectivity index (χ2n) is 5.37. The zero-order chi connectivity index (χ0) is 14.4. The van der Waals surface area contributed by atoms with Crippen molar-refractivity contribution in [2.45, 2.75) is 39.0 Å². The van der Waals surface area contributed by atoms with Crippen LogP contribution in [0.2, 0.25) is 0 Å². The quantitative estimate of drug-likeness (QED) is 0.608. The fraction of sp³-hybridized carbons (Fsp3) is 0.600. The van der Waals surface area contributed by atoms with E-state index >= 15 is 0 Å². The van der Waals surface area contributed by atoms with E-state index in [4.69, 9.17) is 0 Å². The molecule has 2 rings (SSSR count). The zero-order valence-electron chi connectivity index (χ0n) is 12.0. The lowest BCUT2D eigenvalue weighted by Crippen LogP contribution is -2.18. The number of anilines is 2. The molecule has 0 aromatic heterocycles. The standard InChI is InChI=1S/C15H23N3O2/c1-2-16-13-9-6-10-14(15(13)18(19)20)17-11-12-7-4-3-5-8-12/h6,9-10,12,16-17H,2-5,7-8,11H2,1H3. The summed E-state index contributed by atoms with van der Waals surface area (Å²) in [5, 5.41) is 17.6. The average Bonchev–Trinajstić information content (AvgIpc) is 2.46. The first-order valence-corrected chi connectivity index (χ1v) is 7.47. The van der Waals surface area contributed by atoms with Crippen LogP contribution in [0.25, 0.3) is 0 Å². The minimum atomic E-state index is -0.304. The number of hydrogen-bond acceptors (Lipinski definition) is 4. The van der Waals surface area contributed by atoms with Crippen LogP contribution < -0.4 is 10.6 Å². The van der Waals surface area contributed by atoms with Gasteiger partial charge in [0.25, 0.3) is 0 Å². The van der Waals surface area contributed by atoms with Crippen molar-refractivity contribution in [3.63, 3.8) is 0 Å². The van der Waals surface area contributed by atoms with Crippen LogP contribution in [0.1, 0.15) is 39.0 Å². The fourth-order valence-corrected chi connectivity index (χ4v) is 2.86. The topological polar surface area (TPSA) is 67.2 Å². The SMILES string of the molecule is CCNc1cccc(NCC2CCCCC2)c1[N+](=O)[O-]. The number of nitro benzene ring substituents is 1. The van der Waals surface area contributed by atoms with Gasteiger partial charge in [0.15, 0.2) is 0 Å². The molecular formula is C15H23N3O2. The Balaban J connectivity index is 2.09. The van der Waals surface area contributed by atoms with Gasteiger partial charge < -0.3 is 10.6 Å². The Hall–Kier alpha value is -1.78. The summed E-state index contributed by atoms with van der Waals surface area (Å²) in [5.74, 6) is 0.645. The highest BCUT2D eigenvalue weighted by atomic mass is 16.6. The van der Waals surface area contributed by atoms with Gasteiger partial charge in [0, 0.05) is 13.1 Å². The number of para-hydroxylation sites is 1. The molecule has 0 radical (unpaired) electrons. The molecule has 0 unspecified atom stereocenters. The van der Waals surface area contributed by atoms with Crippen molar-refractivity contribution in [2.75, 3.05) is 23.7 Å². The Bertz CT molecular complexity index is 456. The molecule has 0 atom stereocenters. The summed E-state index contributed by atoms with van der Waals surface area (Å²) in [7, 11) is 0. The molecule has 0 spiro atoms. The van der Waals surface area contributed by atoms with Gasteiger partial charge in [0.2, 0.25) is 0 Å². The zero-order valence-corrected chi connectivity index (χ0v) is 12.0. The number of benzene rings is 1. The van der Waals surface area contributed by atoms with Gasteiger partial charge in [-0.15, -0.1) is 0 Å². The van der Waals surface area contributed by atoms with Crippen LogP contribution in [-0.2, 0) is 0 Å². The van der Waals surface area contributed by atoms with Crippen LogP contribution in [0, 0.1) is 16.0 Å². The largest absolute Gasteiger partial charge is 0.380 e. The van der Waals surface area contributed by atoms with Crippen LogP contribution in [-0.4, -0.2) is 18.0 Å². The Morgan fingerprint density at radius 2 is 1.85 bits per heavy atom. The van der Waals surface area contributed by atoms with E-state index < -0.39 is 0 Å². The maximum absolute atomic E-state index is 11.3. The molecule has 0 bridgehead atoms. The molecule has 1 fully saturated rings. The van der Waals surface area contributed by atoms with Gasteiger partial charge in [0.1, 0.15) is 11.4 Å². The Morgan fingerprint density at radius 1 is 1.20 bits per heavy atom. The smallest absolute Gasteiger partial charge is 0.315 e. The van der Waals surface area contributed by atoms with Crippen molar-refractivity contribution in [1.29, 1.82) is 0 Å².